The van der Waals surface area contributed by atoms with Crippen LogP contribution < -0.4 is 9.47 Å². The fraction of sp³-hybridized carbons (Fsp3) is 0.219. The molecule has 4 nitrogen and oxygen atoms in total. The molecule has 0 radical (unpaired) electrons. The van der Waals surface area contributed by atoms with Crippen LogP contribution in [0.3, 0.4) is 0 Å². The first-order chi connectivity index (χ1) is 17.7. The number of allylic oxidation sites excluding steroid dienone is 4. The molecule has 2 aliphatic rings. The largest absolute Gasteiger partial charge is 0.497 e. The quantitative estimate of drug-likeness (QED) is 0.374. The highest BCUT2D eigenvalue weighted by atomic mass is 16.5. The fourth-order valence-corrected chi connectivity index (χ4v) is 4.99. The highest BCUT2D eigenvalue weighted by molar-refractivity contribution is 6.31. The number of ether oxygens (including phenoxy) is 2. The van der Waals surface area contributed by atoms with Crippen LogP contribution in [0.5, 0.6) is 11.5 Å². The molecule has 3 aromatic rings. The minimum absolute atomic E-state index is 0.0503. The third kappa shape index (κ3) is 4.85. The smallest absolute Gasteiger partial charge is 0.188 e. The first kappa shape index (κ1) is 23.7. The Bertz CT molecular complexity index is 1280. The van der Waals surface area contributed by atoms with E-state index in [1.54, 1.807) is 14.2 Å². The van der Waals surface area contributed by atoms with Crippen LogP contribution in [-0.2, 0) is 4.79 Å². The van der Waals surface area contributed by atoms with Crippen LogP contribution in [0.2, 0.25) is 0 Å². The molecule has 1 fully saturated rings. The van der Waals surface area contributed by atoms with E-state index in [1.807, 2.05) is 72.8 Å². The Labute approximate surface area is 213 Å². The molecule has 0 aromatic heterocycles. The third-order valence-electron chi connectivity index (χ3n) is 6.94. The minimum Gasteiger partial charge on any atom is -0.497 e. The zero-order valence-electron chi connectivity index (χ0n) is 20.9. The average Bonchev–Trinajstić information content (AvgIpc) is 2.95. The van der Waals surface area contributed by atoms with Gasteiger partial charge in [0.1, 0.15) is 11.5 Å². The van der Waals surface area contributed by atoms with Crippen molar-refractivity contribution in [3.05, 3.63) is 113 Å². The van der Waals surface area contributed by atoms with E-state index in [0.29, 0.717) is 5.57 Å². The molecule has 1 aliphatic heterocycles. The molecule has 1 saturated heterocycles. The summed E-state index contributed by atoms with van der Waals surface area (Å²) in [5.74, 6) is 1.66. The molecule has 1 heterocycles. The van der Waals surface area contributed by atoms with E-state index in [4.69, 9.17) is 9.47 Å². The normalized spacial score (nSPS) is 16.3. The number of benzene rings is 3. The van der Waals surface area contributed by atoms with E-state index in [0.717, 1.165) is 58.1 Å². The summed E-state index contributed by atoms with van der Waals surface area (Å²) in [4.78, 5) is 15.8. The van der Waals surface area contributed by atoms with Crippen LogP contribution >= 0.6 is 0 Å². The first-order valence-electron chi connectivity index (χ1n) is 12.5. The van der Waals surface area contributed by atoms with Crippen molar-refractivity contribution < 1.29 is 14.3 Å². The Morgan fingerprint density at radius 2 is 1.31 bits per heavy atom. The van der Waals surface area contributed by atoms with Crippen LogP contribution in [-0.4, -0.2) is 38.0 Å². The van der Waals surface area contributed by atoms with Gasteiger partial charge >= 0.3 is 0 Å². The number of hydrogen-bond donors (Lipinski definition) is 0. The number of ketones is 1. The van der Waals surface area contributed by atoms with Gasteiger partial charge in [-0.05, 0) is 71.9 Å². The van der Waals surface area contributed by atoms with Crippen LogP contribution in [0.1, 0.15) is 41.5 Å². The van der Waals surface area contributed by atoms with E-state index in [9.17, 15) is 4.79 Å². The summed E-state index contributed by atoms with van der Waals surface area (Å²) < 4.78 is 10.7. The molecular weight excluding hydrogens is 446 g/mol. The van der Waals surface area contributed by atoms with Crippen LogP contribution in [0.25, 0.3) is 16.8 Å². The summed E-state index contributed by atoms with van der Waals surface area (Å²) in [6, 6.07) is 24.2. The Hall–Kier alpha value is -4.05. The number of methoxy groups -OCH3 is 2. The van der Waals surface area contributed by atoms with Gasteiger partial charge in [0, 0.05) is 36.0 Å². The van der Waals surface area contributed by atoms with Gasteiger partial charge in [-0.2, -0.15) is 0 Å². The van der Waals surface area contributed by atoms with Gasteiger partial charge < -0.3 is 14.4 Å². The molecule has 0 bridgehead atoms. The molecule has 5 rings (SSSR count). The Balaban J connectivity index is 1.58. The molecule has 0 amide bonds. The van der Waals surface area contributed by atoms with Crippen molar-refractivity contribution in [2.75, 3.05) is 27.3 Å². The maximum Gasteiger partial charge on any atom is 0.188 e. The minimum atomic E-state index is 0.0503. The van der Waals surface area contributed by atoms with Crippen molar-refractivity contribution in [2.24, 2.45) is 0 Å². The van der Waals surface area contributed by atoms with Crippen molar-refractivity contribution in [3.63, 3.8) is 0 Å². The van der Waals surface area contributed by atoms with Crippen molar-refractivity contribution >= 4 is 22.6 Å². The highest BCUT2D eigenvalue weighted by Gasteiger charge is 2.26. The third-order valence-corrected chi connectivity index (χ3v) is 6.94. The van der Waals surface area contributed by atoms with Gasteiger partial charge in [-0.25, -0.2) is 0 Å². The molecule has 0 unspecified atom stereocenters. The molecule has 1 aliphatic carbocycles. The number of hydrogen-bond acceptors (Lipinski definition) is 4. The van der Waals surface area contributed by atoms with Crippen molar-refractivity contribution in [2.45, 2.75) is 19.3 Å². The topological polar surface area (TPSA) is 38.8 Å². The van der Waals surface area contributed by atoms with Crippen molar-refractivity contribution in [1.82, 2.24) is 4.90 Å². The summed E-state index contributed by atoms with van der Waals surface area (Å²) in [6.45, 7) is 2.01. The van der Waals surface area contributed by atoms with Crippen LogP contribution in [0.4, 0.5) is 0 Å². The Morgan fingerprint density at radius 1 is 0.750 bits per heavy atom. The van der Waals surface area contributed by atoms with Gasteiger partial charge in [-0.3, -0.25) is 4.79 Å². The summed E-state index contributed by atoms with van der Waals surface area (Å²) in [5, 5.41) is 0. The summed E-state index contributed by atoms with van der Waals surface area (Å²) in [7, 11) is 3.33. The summed E-state index contributed by atoms with van der Waals surface area (Å²) in [6.07, 6.45) is 9.45. The molecule has 0 saturated carbocycles. The zero-order chi connectivity index (χ0) is 24.9. The van der Waals surface area contributed by atoms with Crippen LogP contribution in [0, 0.1) is 0 Å². The molecule has 0 spiro atoms. The summed E-state index contributed by atoms with van der Waals surface area (Å²) in [5.41, 5.74) is 6.99. The lowest BCUT2D eigenvalue weighted by Crippen LogP contribution is -2.30. The predicted octanol–water partition coefficient (Wildman–Crippen LogP) is 6.63. The SMILES string of the molecule is COc1ccc(C(=C/C=C2/C(=O)C=C(N3CCCCC3)c3ccccc32)c2ccc(OC)cc2)cc1. The average molecular weight is 478 g/mol. The lowest BCUT2D eigenvalue weighted by atomic mass is 9.87. The molecule has 3 aromatic carbocycles. The monoisotopic (exact) mass is 477 g/mol. The van der Waals surface area contributed by atoms with Crippen molar-refractivity contribution in [1.29, 1.82) is 0 Å². The van der Waals surface area contributed by atoms with E-state index in [2.05, 4.69) is 23.1 Å². The standard InChI is InChI=1S/C32H31NO3/c1-35-25-14-10-23(11-15-25)27(24-12-16-26(36-2)17-13-24)18-19-30-28-8-4-5-9-29(28)31(22-32(30)34)33-20-6-3-7-21-33/h4-5,8-19,22H,3,6-7,20-21H2,1-2H3/b30-19+. The second-order valence-electron chi connectivity index (χ2n) is 9.10. The molecule has 4 heteroatoms. The maximum absolute atomic E-state index is 13.4. The van der Waals surface area contributed by atoms with E-state index in [-0.39, 0.29) is 5.78 Å². The molecular formula is C32H31NO3. The molecule has 0 atom stereocenters. The highest BCUT2D eigenvalue weighted by Crippen LogP contribution is 2.36. The van der Waals surface area contributed by atoms with E-state index < -0.39 is 0 Å². The summed E-state index contributed by atoms with van der Waals surface area (Å²) >= 11 is 0. The van der Waals surface area contributed by atoms with Gasteiger partial charge in [0.05, 0.1) is 14.2 Å². The van der Waals surface area contributed by atoms with Gasteiger partial charge in [0.15, 0.2) is 5.78 Å². The van der Waals surface area contributed by atoms with Gasteiger partial charge in [0.2, 0.25) is 0 Å². The number of carbonyl (C=O) groups excluding carboxylic acids is 1. The number of rotatable bonds is 6. The predicted molar refractivity (Wildman–Crippen MR) is 146 cm³/mol. The molecule has 36 heavy (non-hydrogen) atoms. The van der Waals surface area contributed by atoms with Crippen LogP contribution in [0.15, 0.2) is 91.0 Å². The van der Waals surface area contributed by atoms with E-state index >= 15 is 0 Å². The molecule has 0 N–H and O–H groups in total. The Morgan fingerprint density at radius 3 is 1.86 bits per heavy atom. The van der Waals surface area contributed by atoms with Crippen molar-refractivity contribution in [3.8, 4) is 11.5 Å². The number of fused-ring (bicyclic) bond motifs is 1. The number of nitrogens with zero attached hydrogens (tertiary/aromatic N) is 1. The lowest BCUT2D eigenvalue weighted by Gasteiger charge is -2.33. The number of likely N-dealkylation sites (tertiary alicyclic amines) is 1. The zero-order valence-corrected chi connectivity index (χ0v) is 20.9. The second kappa shape index (κ2) is 10.7. The Kier molecular flexibility index (Phi) is 7.03. The number of piperidine rings is 1. The molecule has 182 valence electrons. The number of carbonyl (C=O) groups is 1. The maximum atomic E-state index is 13.4. The van der Waals surface area contributed by atoms with E-state index in [1.165, 1.54) is 19.3 Å². The first-order valence-corrected chi connectivity index (χ1v) is 12.5. The fourth-order valence-electron chi connectivity index (χ4n) is 4.99. The second-order valence-corrected chi connectivity index (χ2v) is 9.10. The van der Waals surface area contributed by atoms with Gasteiger partial charge in [-0.15, -0.1) is 0 Å². The van der Waals surface area contributed by atoms with Gasteiger partial charge in [0.25, 0.3) is 0 Å². The van der Waals surface area contributed by atoms with Gasteiger partial charge in [-0.1, -0.05) is 54.6 Å². The lowest BCUT2D eigenvalue weighted by molar-refractivity contribution is -0.109.